The number of hydrogen-bond acceptors (Lipinski definition) is 4. The van der Waals surface area contributed by atoms with Gasteiger partial charge in [-0.25, -0.2) is 0 Å². The Morgan fingerprint density at radius 3 is 2.63 bits per heavy atom. The zero-order chi connectivity index (χ0) is 14.0. The number of benzene rings is 1. The van der Waals surface area contributed by atoms with Gasteiger partial charge in [0.1, 0.15) is 0 Å². The molecule has 102 valence electrons. The van der Waals surface area contributed by atoms with E-state index >= 15 is 0 Å². The molecule has 2 rings (SSSR count). The summed E-state index contributed by atoms with van der Waals surface area (Å²) in [7, 11) is 0. The minimum absolute atomic E-state index is 0.0322. The largest absolute Gasteiger partial charge is 0.329 e. The van der Waals surface area contributed by atoms with Gasteiger partial charge in [-0.1, -0.05) is 6.42 Å². The zero-order valence-corrected chi connectivity index (χ0v) is 11.8. The van der Waals surface area contributed by atoms with Crippen LogP contribution in [0.1, 0.15) is 19.3 Å². The molecular formula is C12H14BrN3O3. The van der Waals surface area contributed by atoms with Crippen LogP contribution >= 0.6 is 15.9 Å². The van der Waals surface area contributed by atoms with E-state index in [0.717, 1.165) is 19.3 Å². The highest BCUT2D eigenvalue weighted by Crippen LogP contribution is 2.41. The van der Waals surface area contributed by atoms with Crippen LogP contribution in [0.3, 0.4) is 0 Å². The van der Waals surface area contributed by atoms with Crippen molar-refractivity contribution in [3.63, 3.8) is 0 Å². The molecule has 1 aliphatic carbocycles. The number of nitrogens with one attached hydrogen (secondary N) is 1. The zero-order valence-electron chi connectivity index (χ0n) is 10.2. The maximum atomic E-state index is 12.1. The van der Waals surface area contributed by atoms with Crippen LogP contribution in [0.2, 0.25) is 0 Å². The summed E-state index contributed by atoms with van der Waals surface area (Å²) >= 11 is 3.12. The van der Waals surface area contributed by atoms with Crippen molar-refractivity contribution in [3.8, 4) is 0 Å². The average Bonchev–Trinajstić information content (AvgIpc) is 2.27. The van der Waals surface area contributed by atoms with Crippen LogP contribution in [-0.2, 0) is 4.79 Å². The van der Waals surface area contributed by atoms with Gasteiger partial charge in [0, 0.05) is 18.3 Å². The first-order valence-corrected chi connectivity index (χ1v) is 6.73. The monoisotopic (exact) mass is 327 g/mol. The number of rotatable bonds is 4. The number of hydrogen-bond donors (Lipinski definition) is 2. The van der Waals surface area contributed by atoms with E-state index in [4.69, 9.17) is 5.73 Å². The third-order valence-electron chi connectivity index (χ3n) is 3.59. The second-order valence-corrected chi connectivity index (χ2v) is 5.57. The summed E-state index contributed by atoms with van der Waals surface area (Å²) in [4.78, 5) is 22.3. The van der Waals surface area contributed by atoms with E-state index in [0.29, 0.717) is 16.7 Å². The van der Waals surface area contributed by atoms with Gasteiger partial charge in [-0.3, -0.25) is 14.9 Å². The molecule has 0 atom stereocenters. The standard InChI is InChI=1S/C12H14BrN3O3/c13-9-6-8(2-3-10(9)16(18)19)15-11(17)12(7-14)4-1-5-12/h2-3,6H,1,4-5,7,14H2,(H,15,17). The number of nitro groups is 1. The minimum atomic E-state index is -0.483. The van der Waals surface area contributed by atoms with E-state index in [-0.39, 0.29) is 11.6 Å². The maximum absolute atomic E-state index is 12.1. The summed E-state index contributed by atoms with van der Waals surface area (Å²) < 4.78 is 0.339. The molecule has 0 saturated heterocycles. The van der Waals surface area contributed by atoms with Crippen LogP contribution in [0.5, 0.6) is 0 Å². The van der Waals surface area contributed by atoms with Gasteiger partial charge in [-0.15, -0.1) is 0 Å². The topological polar surface area (TPSA) is 98.3 Å². The van der Waals surface area contributed by atoms with E-state index in [2.05, 4.69) is 21.2 Å². The molecule has 1 aromatic rings. The number of amides is 1. The molecule has 1 saturated carbocycles. The van der Waals surface area contributed by atoms with Gasteiger partial charge in [0.25, 0.3) is 5.69 Å². The second kappa shape index (κ2) is 5.26. The minimum Gasteiger partial charge on any atom is -0.329 e. The Balaban J connectivity index is 2.14. The molecule has 0 spiro atoms. The Morgan fingerprint density at radius 1 is 1.53 bits per heavy atom. The highest BCUT2D eigenvalue weighted by atomic mass is 79.9. The van der Waals surface area contributed by atoms with Crippen molar-refractivity contribution < 1.29 is 9.72 Å². The summed E-state index contributed by atoms with van der Waals surface area (Å²) in [6.45, 7) is 0.326. The average molecular weight is 328 g/mol. The third kappa shape index (κ3) is 2.62. The van der Waals surface area contributed by atoms with Gasteiger partial charge in [-0.2, -0.15) is 0 Å². The molecule has 0 unspecified atom stereocenters. The second-order valence-electron chi connectivity index (χ2n) is 4.72. The van der Waals surface area contributed by atoms with Gasteiger partial charge in [0.15, 0.2) is 0 Å². The van der Waals surface area contributed by atoms with Crippen molar-refractivity contribution in [2.75, 3.05) is 11.9 Å². The molecule has 1 aromatic carbocycles. The number of nitrogens with two attached hydrogens (primary N) is 1. The summed E-state index contributed by atoms with van der Waals surface area (Å²) in [5.74, 6) is -0.109. The molecule has 7 heteroatoms. The number of halogens is 1. The fraction of sp³-hybridized carbons (Fsp3) is 0.417. The van der Waals surface area contributed by atoms with Gasteiger partial charge < -0.3 is 11.1 Å². The Bertz CT molecular complexity index is 523. The molecule has 19 heavy (non-hydrogen) atoms. The number of carbonyl (C=O) groups is 1. The van der Waals surface area contributed by atoms with Crippen molar-refractivity contribution in [2.24, 2.45) is 11.1 Å². The quantitative estimate of drug-likeness (QED) is 0.655. The molecular weight excluding hydrogens is 314 g/mol. The molecule has 0 bridgehead atoms. The van der Waals surface area contributed by atoms with E-state index in [1.165, 1.54) is 18.2 Å². The van der Waals surface area contributed by atoms with Gasteiger partial charge >= 0.3 is 0 Å². The predicted octanol–water partition coefficient (Wildman–Crippen LogP) is 2.42. The van der Waals surface area contributed by atoms with Crippen molar-refractivity contribution in [3.05, 3.63) is 32.8 Å². The third-order valence-corrected chi connectivity index (χ3v) is 4.22. The molecule has 0 aliphatic heterocycles. The molecule has 1 fully saturated rings. The molecule has 1 aliphatic rings. The van der Waals surface area contributed by atoms with Gasteiger partial charge in [0.05, 0.1) is 14.8 Å². The Hall–Kier alpha value is -1.47. The fourth-order valence-corrected chi connectivity index (χ4v) is 2.65. The molecule has 0 aromatic heterocycles. The van der Waals surface area contributed by atoms with E-state index in [9.17, 15) is 14.9 Å². The van der Waals surface area contributed by atoms with Crippen molar-refractivity contribution in [1.29, 1.82) is 0 Å². The van der Waals surface area contributed by atoms with Crippen molar-refractivity contribution >= 4 is 33.2 Å². The number of anilines is 1. The summed E-state index contributed by atoms with van der Waals surface area (Å²) in [5.41, 5.74) is 5.69. The lowest BCUT2D eigenvalue weighted by Gasteiger charge is -2.39. The number of carbonyl (C=O) groups excluding carboxylic acids is 1. The SMILES string of the molecule is NCC1(C(=O)Nc2ccc([N+](=O)[O-])c(Br)c2)CCC1. The number of nitro benzene ring substituents is 1. The van der Waals surface area contributed by atoms with E-state index < -0.39 is 10.3 Å². The van der Waals surface area contributed by atoms with Crippen LogP contribution in [-0.4, -0.2) is 17.4 Å². The maximum Gasteiger partial charge on any atom is 0.283 e. The van der Waals surface area contributed by atoms with E-state index in [1.807, 2.05) is 0 Å². The van der Waals surface area contributed by atoms with E-state index in [1.54, 1.807) is 0 Å². The van der Waals surface area contributed by atoms with Crippen LogP contribution in [0.15, 0.2) is 22.7 Å². The Kier molecular flexibility index (Phi) is 3.86. The lowest BCUT2D eigenvalue weighted by atomic mass is 9.68. The van der Waals surface area contributed by atoms with Crippen LogP contribution in [0.4, 0.5) is 11.4 Å². The van der Waals surface area contributed by atoms with Crippen molar-refractivity contribution in [1.82, 2.24) is 0 Å². The van der Waals surface area contributed by atoms with Crippen LogP contribution in [0.25, 0.3) is 0 Å². The fourth-order valence-electron chi connectivity index (χ4n) is 2.12. The molecule has 0 radical (unpaired) electrons. The van der Waals surface area contributed by atoms with Gasteiger partial charge in [0.2, 0.25) is 5.91 Å². The normalized spacial score (nSPS) is 16.5. The van der Waals surface area contributed by atoms with Crippen molar-refractivity contribution in [2.45, 2.75) is 19.3 Å². The molecule has 6 nitrogen and oxygen atoms in total. The first kappa shape index (κ1) is 14.0. The summed E-state index contributed by atoms with van der Waals surface area (Å²) in [5, 5.41) is 13.5. The smallest absolute Gasteiger partial charge is 0.283 e. The first-order valence-electron chi connectivity index (χ1n) is 5.94. The predicted molar refractivity (Wildman–Crippen MR) is 74.8 cm³/mol. The molecule has 1 amide bonds. The lowest BCUT2D eigenvalue weighted by Crippen LogP contribution is -2.47. The highest BCUT2D eigenvalue weighted by Gasteiger charge is 2.42. The van der Waals surface area contributed by atoms with Crippen LogP contribution in [0, 0.1) is 15.5 Å². The lowest BCUT2D eigenvalue weighted by molar-refractivity contribution is -0.385. The Morgan fingerprint density at radius 2 is 2.21 bits per heavy atom. The highest BCUT2D eigenvalue weighted by molar-refractivity contribution is 9.10. The summed E-state index contributed by atoms with van der Waals surface area (Å²) in [6.07, 6.45) is 2.60. The Labute approximate surface area is 118 Å². The molecule has 3 N–H and O–H groups in total. The summed E-state index contributed by atoms with van der Waals surface area (Å²) in [6, 6.07) is 4.40. The van der Waals surface area contributed by atoms with Crippen LogP contribution < -0.4 is 11.1 Å². The first-order chi connectivity index (χ1) is 8.98. The van der Waals surface area contributed by atoms with Gasteiger partial charge in [-0.05, 0) is 40.9 Å². The number of nitrogens with zero attached hydrogens (tertiary/aromatic N) is 1. The molecule has 0 heterocycles.